The third kappa shape index (κ3) is 8.00. The van der Waals surface area contributed by atoms with E-state index in [-0.39, 0.29) is 19.8 Å². The number of hydrogen-bond donors (Lipinski definition) is 3. The molecule has 0 fully saturated rings. The Kier molecular flexibility index (Phi) is 10.8. The Hall–Kier alpha value is -4.12. The van der Waals surface area contributed by atoms with Crippen molar-refractivity contribution in [2.45, 2.75) is 26.5 Å². The summed E-state index contributed by atoms with van der Waals surface area (Å²) >= 11 is 17.7. The minimum Gasteiger partial charge on any atom is -0.488 e. The first-order valence-electron chi connectivity index (χ1n) is 12.9. The maximum Gasteiger partial charge on any atom is 0.338 e. The number of nitrogens with one attached hydrogen (secondary N) is 3. The summed E-state index contributed by atoms with van der Waals surface area (Å²) in [6, 6.07) is 18.9. The lowest BCUT2D eigenvalue weighted by Gasteiger charge is -2.30. The van der Waals surface area contributed by atoms with Crippen molar-refractivity contribution in [1.82, 2.24) is 16.1 Å². The number of esters is 1. The number of hydrazone groups is 1. The zero-order valence-corrected chi connectivity index (χ0v) is 25.1. The monoisotopic (exact) mass is 626 g/mol. The molecule has 1 aliphatic heterocycles. The molecule has 12 heteroatoms. The topological polar surface area (TPSA) is 110 Å². The first-order chi connectivity index (χ1) is 20.3. The van der Waals surface area contributed by atoms with Gasteiger partial charge in [0.25, 0.3) is 5.91 Å². The first-order valence-corrected chi connectivity index (χ1v) is 14.1. The maximum absolute atomic E-state index is 12.7. The van der Waals surface area contributed by atoms with E-state index in [4.69, 9.17) is 49.6 Å². The number of rotatable bonds is 11. The van der Waals surface area contributed by atoms with Gasteiger partial charge in [-0.15, -0.1) is 0 Å². The van der Waals surface area contributed by atoms with Gasteiger partial charge in [0.1, 0.15) is 18.1 Å². The van der Waals surface area contributed by atoms with Crippen molar-refractivity contribution in [2.24, 2.45) is 5.10 Å². The average Bonchev–Trinajstić information content (AvgIpc) is 2.96. The van der Waals surface area contributed by atoms with E-state index in [0.717, 1.165) is 5.56 Å². The number of para-hydroxylation sites is 1. The molecular weight excluding hydrogens is 599 g/mol. The van der Waals surface area contributed by atoms with Gasteiger partial charge in [0.15, 0.2) is 11.7 Å². The molecule has 1 heterocycles. The first kappa shape index (κ1) is 30.8. The number of amides is 1. The Morgan fingerprint density at radius 2 is 1.81 bits per heavy atom. The van der Waals surface area contributed by atoms with Crippen LogP contribution in [0.25, 0.3) is 0 Å². The number of thiocarbonyl (C=S) groups is 1. The number of hydrogen-bond acceptors (Lipinski definition) is 7. The minimum absolute atomic E-state index is 0.218. The highest BCUT2D eigenvalue weighted by Gasteiger charge is 2.32. The van der Waals surface area contributed by atoms with Gasteiger partial charge in [0, 0.05) is 32.4 Å². The van der Waals surface area contributed by atoms with Crippen molar-refractivity contribution in [3.63, 3.8) is 0 Å². The van der Waals surface area contributed by atoms with E-state index >= 15 is 0 Å². The molecule has 1 amide bonds. The molecule has 3 N–H and O–H groups in total. The van der Waals surface area contributed by atoms with Crippen LogP contribution in [-0.2, 0) is 20.9 Å². The highest BCUT2D eigenvalue weighted by molar-refractivity contribution is 7.80. The van der Waals surface area contributed by atoms with Gasteiger partial charge in [-0.05, 0) is 56.4 Å². The van der Waals surface area contributed by atoms with Gasteiger partial charge in [0.2, 0.25) is 0 Å². The summed E-state index contributed by atoms with van der Waals surface area (Å²) < 4.78 is 17.0. The third-order valence-corrected chi connectivity index (χ3v) is 6.88. The van der Waals surface area contributed by atoms with Gasteiger partial charge < -0.3 is 24.8 Å². The SMILES string of the molecule is CCOC(=O)C1=C(C)NC(=S)N[C@H]1c1ccccc1OCC(=O)NN=Cc1cc(Cl)ccc1OCc1ccccc1Cl. The van der Waals surface area contributed by atoms with E-state index < -0.39 is 17.9 Å². The van der Waals surface area contributed by atoms with Crippen LogP contribution in [0, 0.1) is 0 Å². The highest BCUT2D eigenvalue weighted by Crippen LogP contribution is 2.33. The molecule has 0 saturated carbocycles. The second-order valence-corrected chi connectivity index (χ2v) is 10.2. The molecule has 1 atom stereocenters. The van der Waals surface area contributed by atoms with E-state index in [0.29, 0.717) is 49.1 Å². The Balaban J connectivity index is 1.42. The van der Waals surface area contributed by atoms with Crippen LogP contribution in [0.3, 0.4) is 0 Å². The van der Waals surface area contributed by atoms with Crippen LogP contribution in [0.2, 0.25) is 10.0 Å². The molecule has 0 radical (unpaired) electrons. The maximum atomic E-state index is 12.7. The number of carbonyl (C=O) groups is 2. The number of allylic oxidation sites excluding steroid dienone is 1. The number of nitrogens with zero attached hydrogens (tertiary/aromatic N) is 1. The highest BCUT2D eigenvalue weighted by atomic mass is 35.5. The van der Waals surface area contributed by atoms with Gasteiger partial charge in [-0.25, -0.2) is 10.2 Å². The summed E-state index contributed by atoms with van der Waals surface area (Å²) in [4.78, 5) is 25.3. The molecule has 3 aromatic carbocycles. The zero-order valence-electron chi connectivity index (χ0n) is 22.8. The van der Waals surface area contributed by atoms with Crippen molar-refractivity contribution < 1.29 is 23.8 Å². The Labute approximate surface area is 258 Å². The average molecular weight is 628 g/mol. The molecule has 0 saturated heterocycles. The fraction of sp³-hybridized carbons (Fsp3) is 0.200. The summed E-state index contributed by atoms with van der Waals surface area (Å²) in [5.41, 5.74) is 5.37. The molecule has 0 bridgehead atoms. The molecule has 218 valence electrons. The lowest BCUT2D eigenvalue weighted by molar-refractivity contribution is -0.139. The van der Waals surface area contributed by atoms with Gasteiger partial charge in [0.05, 0.1) is 24.4 Å². The fourth-order valence-electron chi connectivity index (χ4n) is 4.13. The van der Waals surface area contributed by atoms with Crippen LogP contribution in [0.5, 0.6) is 11.5 Å². The van der Waals surface area contributed by atoms with Crippen LogP contribution in [-0.4, -0.2) is 36.4 Å². The van der Waals surface area contributed by atoms with Crippen LogP contribution >= 0.6 is 35.4 Å². The Morgan fingerprint density at radius 1 is 1.05 bits per heavy atom. The molecule has 9 nitrogen and oxygen atoms in total. The quantitative estimate of drug-likeness (QED) is 0.111. The second kappa shape index (κ2) is 14.7. The number of halogens is 2. The molecule has 0 aromatic heterocycles. The predicted molar refractivity (Wildman–Crippen MR) is 166 cm³/mol. The molecule has 42 heavy (non-hydrogen) atoms. The normalized spacial score (nSPS) is 14.7. The zero-order chi connectivity index (χ0) is 30.1. The summed E-state index contributed by atoms with van der Waals surface area (Å²) in [5, 5.41) is 11.5. The minimum atomic E-state index is -0.637. The fourth-order valence-corrected chi connectivity index (χ4v) is 4.77. The molecule has 0 aliphatic carbocycles. The molecule has 1 aliphatic rings. The van der Waals surface area contributed by atoms with Crippen molar-refractivity contribution in [2.75, 3.05) is 13.2 Å². The van der Waals surface area contributed by atoms with Crippen molar-refractivity contribution in [1.29, 1.82) is 0 Å². The molecule has 0 unspecified atom stereocenters. The lowest BCUT2D eigenvalue weighted by atomic mass is 9.95. The van der Waals surface area contributed by atoms with Gasteiger partial charge in [-0.1, -0.05) is 59.6 Å². The van der Waals surface area contributed by atoms with Crippen LogP contribution in [0.15, 0.2) is 83.1 Å². The lowest BCUT2D eigenvalue weighted by Crippen LogP contribution is -2.45. The predicted octanol–water partition coefficient (Wildman–Crippen LogP) is 5.46. The molecule has 0 spiro atoms. The summed E-state index contributed by atoms with van der Waals surface area (Å²) in [7, 11) is 0. The third-order valence-electron chi connectivity index (χ3n) is 6.06. The van der Waals surface area contributed by atoms with E-state index in [1.54, 1.807) is 62.4 Å². The summed E-state index contributed by atoms with van der Waals surface area (Å²) in [5.74, 6) is -0.0949. The van der Waals surface area contributed by atoms with E-state index in [1.165, 1.54) is 6.21 Å². The number of carbonyl (C=O) groups excluding carboxylic acids is 2. The van der Waals surface area contributed by atoms with E-state index in [2.05, 4.69) is 21.2 Å². The van der Waals surface area contributed by atoms with Gasteiger partial charge in [-0.2, -0.15) is 5.10 Å². The molecule has 3 aromatic rings. The van der Waals surface area contributed by atoms with Crippen molar-refractivity contribution >= 4 is 58.6 Å². The van der Waals surface area contributed by atoms with Crippen LogP contribution in [0.4, 0.5) is 0 Å². The molecule has 4 rings (SSSR count). The van der Waals surface area contributed by atoms with E-state index in [9.17, 15) is 9.59 Å². The summed E-state index contributed by atoms with van der Waals surface area (Å²) in [6.07, 6.45) is 1.43. The van der Waals surface area contributed by atoms with Crippen molar-refractivity contribution in [3.8, 4) is 11.5 Å². The Morgan fingerprint density at radius 3 is 2.60 bits per heavy atom. The summed E-state index contributed by atoms with van der Waals surface area (Å²) in [6.45, 7) is 3.60. The molecular formula is C30H28Cl2N4O5S. The van der Waals surface area contributed by atoms with Crippen molar-refractivity contribution in [3.05, 3.63) is 105 Å². The Bertz CT molecular complexity index is 1550. The smallest absolute Gasteiger partial charge is 0.338 e. The second-order valence-electron chi connectivity index (χ2n) is 8.97. The van der Waals surface area contributed by atoms with Crippen LogP contribution < -0.4 is 25.5 Å². The number of benzene rings is 3. The van der Waals surface area contributed by atoms with Gasteiger partial charge in [-0.3, -0.25) is 4.79 Å². The standard InChI is InChI=1S/C30H28Cl2N4O5S/c1-3-39-29(38)27-18(2)34-30(42)35-28(27)22-9-5-7-11-25(22)41-17-26(37)36-33-15-20-14-21(31)12-13-24(20)40-16-19-8-4-6-10-23(19)32/h4-15,28H,3,16-17H2,1-2H3,(H,36,37)(H2,34,35,42)/t28-/m0/s1. The van der Waals surface area contributed by atoms with E-state index in [1.807, 2.05) is 18.2 Å². The number of ether oxygens (including phenoxy) is 3. The van der Waals surface area contributed by atoms with Crippen LogP contribution in [0.1, 0.15) is 36.6 Å². The van der Waals surface area contributed by atoms with Gasteiger partial charge >= 0.3 is 5.97 Å². The largest absolute Gasteiger partial charge is 0.488 e.